The Bertz CT molecular complexity index is 762. The van der Waals surface area contributed by atoms with E-state index in [1.54, 1.807) is 24.3 Å². The number of benzene rings is 1. The predicted molar refractivity (Wildman–Crippen MR) is 69.4 cm³/mol. The highest BCUT2D eigenvalue weighted by Gasteiger charge is 2.37. The molecule has 0 unspecified atom stereocenters. The maximum Gasteiger partial charge on any atom is 0.310 e. The number of hydrogen-bond acceptors (Lipinski definition) is 4. The van der Waals surface area contributed by atoms with Gasteiger partial charge in [-0.1, -0.05) is 18.2 Å². The van der Waals surface area contributed by atoms with Crippen LogP contribution in [0.3, 0.4) is 0 Å². The highest BCUT2D eigenvalue weighted by atomic mass is 16.4. The van der Waals surface area contributed by atoms with Gasteiger partial charge in [0.05, 0.1) is 11.3 Å². The number of aliphatic carboxylic acids is 1. The molecule has 2 heterocycles. The van der Waals surface area contributed by atoms with Crippen LogP contribution in [0, 0.1) is 5.92 Å². The number of hydrogen-bond donors (Lipinski definition) is 2. The van der Waals surface area contributed by atoms with Gasteiger partial charge in [0.25, 0.3) is 11.5 Å². The van der Waals surface area contributed by atoms with Gasteiger partial charge in [-0.05, 0) is 6.07 Å². The van der Waals surface area contributed by atoms with Gasteiger partial charge in [-0.25, -0.2) is 5.10 Å². The number of carboxylic acids is 1. The number of likely N-dealkylation sites (tertiary alicyclic amines) is 1. The van der Waals surface area contributed by atoms with E-state index in [-0.39, 0.29) is 30.2 Å². The molecule has 0 radical (unpaired) electrons. The second kappa shape index (κ2) is 4.44. The van der Waals surface area contributed by atoms with Crippen molar-refractivity contribution < 1.29 is 14.7 Å². The minimum absolute atomic E-state index is 0.143. The van der Waals surface area contributed by atoms with Gasteiger partial charge in [0.1, 0.15) is 0 Å². The molecule has 1 aromatic carbocycles. The minimum atomic E-state index is -0.909. The minimum Gasteiger partial charge on any atom is -0.481 e. The standard InChI is InChI=1S/C13H11N3O4/c17-11-9-4-2-1-3-8(9)10(14-15-11)12(18)16-5-7(6-16)13(19)20/h1-4,7H,5-6H2,(H,15,17)(H,19,20). The molecule has 0 bridgehead atoms. The zero-order chi connectivity index (χ0) is 14.3. The Morgan fingerprint density at radius 1 is 1.25 bits per heavy atom. The average Bonchev–Trinajstić information content (AvgIpc) is 2.37. The van der Waals surface area contributed by atoms with E-state index in [2.05, 4.69) is 10.2 Å². The lowest BCUT2D eigenvalue weighted by Crippen LogP contribution is -2.53. The van der Waals surface area contributed by atoms with Crippen molar-refractivity contribution in [3.8, 4) is 0 Å². The highest BCUT2D eigenvalue weighted by Crippen LogP contribution is 2.21. The Balaban J connectivity index is 1.96. The molecule has 1 amide bonds. The van der Waals surface area contributed by atoms with Crippen molar-refractivity contribution in [2.45, 2.75) is 0 Å². The van der Waals surface area contributed by atoms with Crippen molar-refractivity contribution >= 4 is 22.6 Å². The van der Waals surface area contributed by atoms with Crippen molar-refractivity contribution in [2.24, 2.45) is 5.92 Å². The molecule has 20 heavy (non-hydrogen) atoms. The number of carbonyl (C=O) groups is 2. The Kier molecular flexibility index (Phi) is 2.74. The lowest BCUT2D eigenvalue weighted by molar-refractivity contribution is -0.146. The molecular formula is C13H11N3O4. The largest absolute Gasteiger partial charge is 0.481 e. The average molecular weight is 273 g/mol. The van der Waals surface area contributed by atoms with Crippen molar-refractivity contribution in [2.75, 3.05) is 13.1 Å². The number of rotatable bonds is 2. The molecular weight excluding hydrogens is 262 g/mol. The molecule has 0 atom stereocenters. The van der Waals surface area contributed by atoms with Crippen LogP contribution in [0.25, 0.3) is 10.8 Å². The Labute approximate surface area is 112 Å². The van der Waals surface area contributed by atoms with Crippen molar-refractivity contribution in [3.05, 3.63) is 40.3 Å². The van der Waals surface area contributed by atoms with E-state index < -0.39 is 11.9 Å². The van der Waals surface area contributed by atoms with E-state index in [9.17, 15) is 14.4 Å². The number of nitrogens with zero attached hydrogens (tertiary/aromatic N) is 2. The molecule has 0 spiro atoms. The molecule has 2 aromatic rings. The van der Waals surface area contributed by atoms with E-state index in [0.29, 0.717) is 10.8 Å². The summed E-state index contributed by atoms with van der Waals surface area (Å²) in [5.74, 6) is -1.80. The molecule has 1 fully saturated rings. The molecule has 7 nitrogen and oxygen atoms in total. The summed E-state index contributed by atoms with van der Waals surface area (Å²) in [4.78, 5) is 36.0. The fourth-order valence-electron chi connectivity index (χ4n) is 2.23. The van der Waals surface area contributed by atoms with Crippen molar-refractivity contribution in [1.29, 1.82) is 0 Å². The Morgan fingerprint density at radius 2 is 1.90 bits per heavy atom. The quantitative estimate of drug-likeness (QED) is 0.806. The number of H-pyrrole nitrogens is 1. The number of fused-ring (bicyclic) bond motifs is 1. The summed E-state index contributed by atoms with van der Waals surface area (Å²) in [5, 5.41) is 15.8. The fraction of sp³-hybridized carbons (Fsp3) is 0.231. The third-order valence-electron chi connectivity index (χ3n) is 3.42. The monoisotopic (exact) mass is 273 g/mol. The summed E-state index contributed by atoms with van der Waals surface area (Å²) in [6.45, 7) is 0.340. The number of aromatic nitrogens is 2. The van der Waals surface area contributed by atoms with Gasteiger partial charge in [0.2, 0.25) is 0 Å². The van der Waals surface area contributed by atoms with Crippen LogP contribution in [0.2, 0.25) is 0 Å². The molecule has 3 rings (SSSR count). The van der Waals surface area contributed by atoms with Crippen LogP contribution in [0.15, 0.2) is 29.1 Å². The number of carboxylic acid groups (broad SMARTS) is 1. The maximum absolute atomic E-state index is 12.3. The number of carbonyl (C=O) groups excluding carboxylic acids is 1. The summed E-state index contributed by atoms with van der Waals surface area (Å²) in [5.41, 5.74) is -0.215. The molecule has 2 N–H and O–H groups in total. The van der Waals surface area contributed by atoms with Crippen LogP contribution < -0.4 is 5.56 Å². The third-order valence-corrected chi connectivity index (χ3v) is 3.42. The smallest absolute Gasteiger partial charge is 0.310 e. The van der Waals surface area contributed by atoms with Crippen LogP contribution in [0.1, 0.15) is 10.5 Å². The number of amides is 1. The van der Waals surface area contributed by atoms with E-state index in [4.69, 9.17) is 5.11 Å². The fourth-order valence-corrected chi connectivity index (χ4v) is 2.23. The van der Waals surface area contributed by atoms with E-state index in [1.165, 1.54) is 4.90 Å². The van der Waals surface area contributed by atoms with Gasteiger partial charge in [-0.15, -0.1) is 0 Å². The van der Waals surface area contributed by atoms with E-state index in [0.717, 1.165) is 0 Å². The Hall–Kier alpha value is -2.70. The van der Waals surface area contributed by atoms with Crippen molar-refractivity contribution in [3.63, 3.8) is 0 Å². The number of nitrogens with one attached hydrogen (secondary N) is 1. The summed E-state index contributed by atoms with van der Waals surface area (Å²) in [6, 6.07) is 6.69. The summed E-state index contributed by atoms with van der Waals surface area (Å²) < 4.78 is 0. The van der Waals surface area contributed by atoms with Gasteiger partial charge >= 0.3 is 5.97 Å². The Morgan fingerprint density at radius 3 is 2.55 bits per heavy atom. The van der Waals surface area contributed by atoms with Gasteiger partial charge in [0.15, 0.2) is 5.69 Å². The lowest BCUT2D eigenvalue weighted by atomic mass is 9.99. The molecule has 1 saturated heterocycles. The first kappa shape index (κ1) is 12.3. The zero-order valence-electron chi connectivity index (χ0n) is 10.4. The maximum atomic E-state index is 12.3. The summed E-state index contributed by atoms with van der Waals surface area (Å²) in [6.07, 6.45) is 0. The van der Waals surface area contributed by atoms with Crippen LogP contribution >= 0.6 is 0 Å². The summed E-state index contributed by atoms with van der Waals surface area (Å²) in [7, 11) is 0. The molecule has 1 aromatic heterocycles. The van der Waals surface area contributed by atoms with Crippen molar-refractivity contribution in [1.82, 2.24) is 15.1 Å². The first-order valence-electron chi connectivity index (χ1n) is 6.07. The highest BCUT2D eigenvalue weighted by molar-refractivity contribution is 6.05. The molecule has 102 valence electrons. The second-order valence-corrected chi connectivity index (χ2v) is 4.69. The van der Waals surface area contributed by atoms with Crippen LogP contribution in [-0.4, -0.2) is 45.2 Å². The van der Waals surface area contributed by atoms with Gasteiger partial charge in [-0.2, -0.15) is 5.10 Å². The normalized spacial score (nSPS) is 15.1. The molecule has 0 saturated carbocycles. The van der Waals surface area contributed by atoms with Gasteiger partial charge in [0, 0.05) is 18.5 Å². The van der Waals surface area contributed by atoms with Gasteiger partial charge in [-0.3, -0.25) is 14.4 Å². The van der Waals surface area contributed by atoms with E-state index >= 15 is 0 Å². The van der Waals surface area contributed by atoms with Crippen LogP contribution in [0.4, 0.5) is 0 Å². The zero-order valence-corrected chi connectivity index (χ0v) is 10.4. The molecule has 7 heteroatoms. The van der Waals surface area contributed by atoms with Crippen LogP contribution in [-0.2, 0) is 4.79 Å². The molecule has 1 aliphatic heterocycles. The topological polar surface area (TPSA) is 103 Å². The van der Waals surface area contributed by atoms with E-state index in [1.807, 2.05) is 0 Å². The lowest BCUT2D eigenvalue weighted by Gasteiger charge is -2.36. The SMILES string of the molecule is O=C(O)C1CN(C(=O)c2n[nH]c(=O)c3ccccc23)C1. The van der Waals surface area contributed by atoms with Crippen LogP contribution in [0.5, 0.6) is 0 Å². The number of aromatic amines is 1. The first-order valence-corrected chi connectivity index (χ1v) is 6.07. The molecule has 1 aliphatic rings. The predicted octanol–water partition coefficient (Wildman–Crippen LogP) is 0.0797. The first-order chi connectivity index (χ1) is 9.58. The second-order valence-electron chi connectivity index (χ2n) is 4.69. The summed E-state index contributed by atoms with van der Waals surface area (Å²) >= 11 is 0. The third kappa shape index (κ3) is 1.83. The molecule has 0 aliphatic carbocycles. The van der Waals surface area contributed by atoms with Gasteiger partial charge < -0.3 is 10.0 Å².